The van der Waals surface area contributed by atoms with Crippen molar-refractivity contribution in [3.8, 4) is 28.0 Å². The van der Waals surface area contributed by atoms with Crippen LogP contribution in [0, 0.1) is 5.82 Å². The van der Waals surface area contributed by atoms with E-state index in [0.717, 1.165) is 16.0 Å². The third kappa shape index (κ3) is 3.18. The van der Waals surface area contributed by atoms with Gasteiger partial charge in [-0.3, -0.25) is 9.36 Å². The number of thiazole rings is 2. The Balaban J connectivity index is 1.83. The molecule has 10 heteroatoms. The molecular formula is C21H11ClFN3O3S2. The van der Waals surface area contributed by atoms with Crippen LogP contribution in [-0.2, 0) is 0 Å². The maximum absolute atomic E-state index is 13.6. The molecule has 0 aliphatic heterocycles. The van der Waals surface area contributed by atoms with Gasteiger partial charge in [0.2, 0.25) is 11.7 Å². The number of aromatic hydroxyl groups is 2. The Labute approximate surface area is 187 Å². The van der Waals surface area contributed by atoms with E-state index in [1.54, 1.807) is 17.5 Å². The summed E-state index contributed by atoms with van der Waals surface area (Å²) in [6.45, 7) is 0. The maximum Gasteiger partial charge on any atom is 0.242 e. The molecule has 6 nitrogen and oxygen atoms in total. The lowest BCUT2D eigenvalue weighted by Gasteiger charge is -2.09. The van der Waals surface area contributed by atoms with E-state index in [-0.39, 0.29) is 21.4 Å². The third-order valence-electron chi connectivity index (χ3n) is 4.64. The Kier molecular flexibility index (Phi) is 4.73. The van der Waals surface area contributed by atoms with Gasteiger partial charge in [0.15, 0.2) is 15.9 Å². The van der Waals surface area contributed by atoms with Gasteiger partial charge in [0, 0.05) is 11.6 Å². The minimum Gasteiger partial charge on any atom is -0.503 e. The van der Waals surface area contributed by atoms with Gasteiger partial charge in [-0.1, -0.05) is 29.0 Å². The zero-order chi connectivity index (χ0) is 21.7. The standard InChI is InChI=1S/C21H11ClFN3O3S2/c22-12-2-1-3-13-15(12)25-21(31-13)26-16(10-4-6-11(23)7-5-10)14(18(28)20(26)29)17(27)19-24-8-9-30-19/h1-9,28-29H. The molecule has 5 rings (SSSR count). The maximum atomic E-state index is 13.6. The molecule has 154 valence electrons. The fourth-order valence-electron chi connectivity index (χ4n) is 3.27. The lowest BCUT2D eigenvalue weighted by Crippen LogP contribution is -2.04. The Bertz CT molecular complexity index is 1440. The van der Waals surface area contributed by atoms with Crippen LogP contribution in [-0.4, -0.2) is 30.5 Å². The van der Waals surface area contributed by atoms with E-state index >= 15 is 0 Å². The summed E-state index contributed by atoms with van der Waals surface area (Å²) in [6, 6.07) is 10.7. The number of halogens is 2. The van der Waals surface area contributed by atoms with Gasteiger partial charge < -0.3 is 10.2 Å². The Morgan fingerprint density at radius 3 is 2.58 bits per heavy atom. The smallest absolute Gasteiger partial charge is 0.242 e. The first-order valence-corrected chi connectivity index (χ1v) is 11.0. The molecule has 0 amide bonds. The quantitative estimate of drug-likeness (QED) is 0.331. The summed E-state index contributed by atoms with van der Waals surface area (Å²) in [4.78, 5) is 21.7. The predicted molar refractivity (Wildman–Crippen MR) is 118 cm³/mol. The summed E-state index contributed by atoms with van der Waals surface area (Å²) in [5, 5.41) is 24.0. The zero-order valence-electron chi connectivity index (χ0n) is 15.4. The summed E-state index contributed by atoms with van der Waals surface area (Å²) >= 11 is 8.57. The molecule has 2 N–H and O–H groups in total. The Morgan fingerprint density at radius 1 is 1.13 bits per heavy atom. The van der Waals surface area contributed by atoms with E-state index < -0.39 is 23.2 Å². The molecule has 0 aliphatic rings. The van der Waals surface area contributed by atoms with Crippen molar-refractivity contribution in [1.29, 1.82) is 0 Å². The van der Waals surface area contributed by atoms with E-state index in [2.05, 4.69) is 9.97 Å². The first-order chi connectivity index (χ1) is 15.0. The number of carbonyl (C=O) groups is 1. The normalized spacial score (nSPS) is 11.3. The number of hydrogen-bond acceptors (Lipinski definition) is 7. The number of benzene rings is 2. The molecular weight excluding hydrogens is 461 g/mol. The fourth-order valence-corrected chi connectivity index (χ4v) is 5.13. The van der Waals surface area contributed by atoms with Gasteiger partial charge in [0.1, 0.15) is 11.3 Å². The number of para-hydroxylation sites is 1. The zero-order valence-corrected chi connectivity index (χ0v) is 17.8. The van der Waals surface area contributed by atoms with E-state index in [1.165, 1.54) is 46.4 Å². The monoisotopic (exact) mass is 471 g/mol. The van der Waals surface area contributed by atoms with Crippen molar-refractivity contribution in [2.24, 2.45) is 0 Å². The van der Waals surface area contributed by atoms with Crippen molar-refractivity contribution in [2.75, 3.05) is 0 Å². The van der Waals surface area contributed by atoms with Crippen LogP contribution in [0.25, 0.3) is 26.6 Å². The van der Waals surface area contributed by atoms with Crippen molar-refractivity contribution in [2.45, 2.75) is 0 Å². The molecule has 0 fully saturated rings. The highest BCUT2D eigenvalue weighted by Crippen LogP contribution is 2.45. The van der Waals surface area contributed by atoms with Crippen molar-refractivity contribution < 1.29 is 19.4 Å². The second-order valence-electron chi connectivity index (χ2n) is 6.49. The van der Waals surface area contributed by atoms with Gasteiger partial charge in [-0.25, -0.2) is 14.4 Å². The van der Waals surface area contributed by atoms with Crippen molar-refractivity contribution in [1.82, 2.24) is 14.5 Å². The number of nitrogens with zero attached hydrogens (tertiary/aromatic N) is 3. The summed E-state index contributed by atoms with van der Waals surface area (Å²) in [7, 11) is 0. The number of fused-ring (bicyclic) bond motifs is 1. The lowest BCUT2D eigenvalue weighted by molar-refractivity contribution is 0.103. The summed E-state index contributed by atoms with van der Waals surface area (Å²) in [5.41, 5.74) is 0.951. The van der Waals surface area contributed by atoms with Crippen LogP contribution in [0.3, 0.4) is 0 Å². The van der Waals surface area contributed by atoms with E-state index in [9.17, 15) is 19.4 Å². The molecule has 31 heavy (non-hydrogen) atoms. The van der Waals surface area contributed by atoms with Crippen LogP contribution in [0.1, 0.15) is 15.4 Å². The third-order valence-corrected chi connectivity index (χ3v) is 6.72. The van der Waals surface area contributed by atoms with Crippen LogP contribution in [0.5, 0.6) is 11.6 Å². The minimum absolute atomic E-state index is 0.142. The van der Waals surface area contributed by atoms with Crippen LogP contribution in [0.4, 0.5) is 4.39 Å². The molecule has 2 aromatic carbocycles. The molecule has 0 radical (unpaired) electrons. The molecule has 3 aromatic heterocycles. The predicted octanol–water partition coefficient (Wildman–Crippen LogP) is 5.65. The number of ketones is 1. The molecule has 5 aromatic rings. The van der Waals surface area contributed by atoms with E-state index in [0.29, 0.717) is 16.1 Å². The van der Waals surface area contributed by atoms with Gasteiger partial charge in [-0.2, -0.15) is 0 Å². The van der Waals surface area contributed by atoms with Gasteiger partial charge >= 0.3 is 0 Å². The lowest BCUT2D eigenvalue weighted by atomic mass is 10.0. The van der Waals surface area contributed by atoms with Crippen LogP contribution in [0.2, 0.25) is 5.02 Å². The highest BCUT2D eigenvalue weighted by atomic mass is 35.5. The molecule has 0 unspecified atom stereocenters. The average molecular weight is 472 g/mol. The number of aromatic nitrogens is 3. The summed E-state index contributed by atoms with van der Waals surface area (Å²) in [5.74, 6) is -2.20. The average Bonchev–Trinajstić information content (AvgIpc) is 3.48. The van der Waals surface area contributed by atoms with Crippen LogP contribution >= 0.6 is 34.3 Å². The summed E-state index contributed by atoms with van der Waals surface area (Å²) in [6.07, 6.45) is 1.47. The molecule has 0 atom stereocenters. The van der Waals surface area contributed by atoms with E-state index in [1.807, 2.05) is 6.07 Å². The molecule has 0 spiro atoms. The molecule has 0 aliphatic carbocycles. The Morgan fingerprint density at radius 2 is 1.90 bits per heavy atom. The molecule has 0 saturated carbocycles. The highest BCUT2D eigenvalue weighted by molar-refractivity contribution is 7.21. The second-order valence-corrected chi connectivity index (χ2v) is 8.80. The van der Waals surface area contributed by atoms with Crippen LogP contribution < -0.4 is 0 Å². The van der Waals surface area contributed by atoms with Crippen molar-refractivity contribution >= 4 is 50.3 Å². The molecule has 3 heterocycles. The van der Waals surface area contributed by atoms with Gasteiger partial charge in [-0.05, 0) is 42.0 Å². The van der Waals surface area contributed by atoms with E-state index in [4.69, 9.17) is 11.6 Å². The van der Waals surface area contributed by atoms with Gasteiger partial charge in [-0.15, -0.1) is 11.3 Å². The second kappa shape index (κ2) is 7.45. The number of carbonyl (C=O) groups excluding carboxylic acids is 1. The minimum atomic E-state index is -0.607. The van der Waals surface area contributed by atoms with Gasteiger partial charge in [0.05, 0.1) is 21.0 Å². The first-order valence-electron chi connectivity index (χ1n) is 8.88. The van der Waals surface area contributed by atoms with Crippen molar-refractivity contribution in [3.63, 3.8) is 0 Å². The van der Waals surface area contributed by atoms with Crippen LogP contribution in [0.15, 0.2) is 54.0 Å². The first kappa shape index (κ1) is 19.7. The SMILES string of the molecule is O=C(c1nccs1)c1c(O)c(O)n(-c2nc3c(Cl)cccc3s2)c1-c1ccc(F)cc1. The fraction of sp³-hybridized carbons (Fsp3) is 0. The Hall–Kier alpha value is -3.27. The van der Waals surface area contributed by atoms with Gasteiger partial charge in [0.25, 0.3) is 0 Å². The highest BCUT2D eigenvalue weighted by Gasteiger charge is 2.32. The molecule has 0 bridgehead atoms. The number of rotatable bonds is 4. The largest absolute Gasteiger partial charge is 0.503 e. The number of hydrogen-bond donors (Lipinski definition) is 2. The molecule has 0 saturated heterocycles. The van der Waals surface area contributed by atoms with Crippen molar-refractivity contribution in [3.05, 3.63) is 75.5 Å². The summed E-state index contributed by atoms with van der Waals surface area (Å²) < 4.78 is 15.6. The topological polar surface area (TPSA) is 88.2 Å².